The third kappa shape index (κ3) is 5.50. The molecule has 0 aliphatic carbocycles. The van der Waals surface area contributed by atoms with Gasteiger partial charge in [0.2, 0.25) is 0 Å². The molecule has 5 nitrogen and oxygen atoms in total. The van der Waals surface area contributed by atoms with Gasteiger partial charge in [0.1, 0.15) is 28.5 Å². The standard InChI is InChI=1S/C42H39N3O2/c1-41(2,3)23-26-17-18-43-38(20-26)45-34-10-8-7-9-31(34)32-14-12-30(22-35(32)45)46-29-13-16-36-33(21-29)39-37(47-36)15-11-28-19-27(24-42(4,5)6)25-44-40(28)39/h7-22,25H,23-24H2,1-6H3. The molecule has 8 rings (SSSR count). The molecule has 47 heavy (non-hydrogen) atoms. The summed E-state index contributed by atoms with van der Waals surface area (Å²) < 4.78 is 15.1. The number of fused-ring (bicyclic) bond motifs is 8. The summed E-state index contributed by atoms with van der Waals surface area (Å²) in [5.74, 6) is 2.41. The molecule has 0 aliphatic rings. The number of benzene rings is 4. The summed E-state index contributed by atoms with van der Waals surface area (Å²) in [5, 5.41) is 5.48. The van der Waals surface area contributed by atoms with E-state index in [0.29, 0.717) is 0 Å². The fourth-order valence-corrected chi connectivity index (χ4v) is 6.96. The van der Waals surface area contributed by atoms with Crippen LogP contribution in [0.4, 0.5) is 0 Å². The van der Waals surface area contributed by atoms with Crippen molar-refractivity contribution in [1.82, 2.24) is 14.5 Å². The first-order chi connectivity index (χ1) is 22.5. The minimum Gasteiger partial charge on any atom is -0.457 e. The van der Waals surface area contributed by atoms with Crippen LogP contribution in [0.1, 0.15) is 52.7 Å². The van der Waals surface area contributed by atoms with Crippen molar-refractivity contribution in [3.63, 3.8) is 0 Å². The van der Waals surface area contributed by atoms with Crippen LogP contribution in [0.3, 0.4) is 0 Å². The van der Waals surface area contributed by atoms with Crippen molar-refractivity contribution >= 4 is 54.6 Å². The molecular formula is C42H39N3O2. The highest BCUT2D eigenvalue weighted by Gasteiger charge is 2.18. The second-order valence-electron chi connectivity index (χ2n) is 15.2. The molecule has 0 bridgehead atoms. The molecule has 0 fully saturated rings. The quantitative estimate of drug-likeness (QED) is 0.193. The van der Waals surface area contributed by atoms with E-state index in [4.69, 9.17) is 19.1 Å². The van der Waals surface area contributed by atoms with Gasteiger partial charge < -0.3 is 9.15 Å². The molecule has 234 valence electrons. The fraction of sp³-hybridized carbons (Fsp3) is 0.238. The molecule has 8 aromatic rings. The van der Waals surface area contributed by atoms with E-state index in [-0.39, 0.29) is 10.8 Å². The minimum absolute atomic E-state index is 0.180. The van der Waals surface area contributed by atoms with E-state index >= 15 is 0 Å². The zero-order valence-corrected chi connectivity index (χ0v) is 27.9. The zero-order valence-electron chi connectivity index (χ0n) is 27.9. The van der Waals surface area contributed by atoms with Crippen molar-refractivity contribution in [3.05, 3.63) is 115 Å². The zero-order chi connectivity index (χ0) is 32.5. The first-order valence-electron chi connectivity index (χ1n) is 16.4. The Hall–Kier alpha value is -5.16. The molecule has 0 saturated heterocycles. The van der Waals surface area contributed by atoms with Crippen LogP contribution in [0.2, 0.25) is 0 Å². The summed E-state index contributed by atoms with van der Waals surface area (Å²) in [6, 6.07) is 31.6. The van der Waals surface area contributed by atoms with E-state index in [0.717, 1.165) is 79.4 Å². The molecule has 4 aromatic heterocycles. The molecule has 0 unspecified atom stereocenters. The molecule has 0 aliphatic heterocycles. The summed E-state index contributed by atoms with van der Waals surface area (Å²) in [7, 11) is 0. The van der Waals surface area contributed by atoms with Gasteiger partial charge in [-0.1, -0.05) is 59.7 Å². The maximum absolute atomic E-state index is 6.58. The average Bonchev–Trinajstić information content (AvgIpc) is 3.55. The van der Waals surface area contributed by atoms with Crippen molar-refractivity contribution in [2.45, 2.75) is 54.4 Å². The first-order valence-corrected chi connectivity index (χ1v) is 16.4. The van der Waals surface area contributed by atoms with Crippen LogP contribution in [-0.2, 0) is 12.8 Å². The van der Waals surface area contributed by atoms with Gasteiger partial charge in [-0.25, -0.2) is 4.98 Å². The van der Waals surface area contributed by atoms with Gasteiger partial charge in [0.15, 0.2) is 0 Å². The molecule has 0 radical (unpaired) electrons. The average molecular weight is 618 g/mol. The van der Waals surface area contributed by atoms with E-state index in [1.807, 2.05) is 30.6 Å². The highest BCUT2D eigenvalue weighted by Crippen LogP contribution is 2.39. The molecule has 0 saturated carbocycles. The van der Waals surface area contributed by atoms with Crippen LogP contribution < -0.4 is 4.74 Å². The van der Waals surface area contributed by atoms with Crippen molar-refractivity contribution in [2.24, 2.45) is 10.8 Å². The van der Waals surface area contributed by atoms with E-state index in [2.05, 4.69) is 119 Å². The summed E-state index contributed by atoms with van der Waals surface area (Å²) in [4.78, 5) is 9.78. The van der Waals surface area contributed by atoms with Gasteiger partial charge >= 0.3 is 0 Å². The van der Waals surface area contributed by atoms with Crippen LogP contribution in [0, 0.1) is 10.8 Å². The molecule has 4 heterocycles. The van der Waals surface area contributed by atoms with Gasteiger partial charge in [-0.3, -0.25) is 9.55 Å². The third-order valence-corrected chi connectivity index (χ3v) is 8.70. The topological polar surface area (TPSA) is 53.1 Å². The maximum atomic E-state index is 6.58. The van der Waals surface area contributed by atoms with Crippen LogP contribution >= 0.6 is 0 Å². The Morgan fingerprint density at radius 3 is 2.19 bits per heavy atom. The Morgan fingerprint density at radius 2 is 1.36 bits per heavy atom. The van der Waals surface area contributed by atoms with Crippen molar-refractivity contribution in [1.29, 1.82) is 0 Å². The number of rotatable bonds is 5. The number of ether oxygens (including phenoxy) is 1. The van der Waals surface area contributed by atoms with Gasteiger partial charge in [-0.15, -0.1) is 0 Å². The van der Waals surface area contributed by atoms with Crippen molar-refractivity contribution in [3.8, 4) is 17.3 Å². The molecule has 0 amide bonds. The third-order valence-electron chi connectivity index (χ3n) is 8.70. The van der Waals surface area contributed by atoms with E-state index in [1.54, 1.807) is 0 Å². The normalized spacial score (nSPS) is 12.6. The second-order valence-corrected chi connectivity index (χ2v) is 15.2. The highest BCUT2D eigenvalue weighted by atomic mass is 16.5. The van der Waals surface area contributed by atoms with Crippen LogP contribution in [0.5, 0.6) is 11.5 Å². The Bertz CT molecular complexity index is 2470. The van der Waals surface area contributed by atoms with Gasteiger partial charge in [0.25, 0.3) is 0 Å². The van der Waals surface area contributed by atoms with Crippen molar-refractivity contribution in [2.75, 3.05) is 0 Å². The lowest BCUT2D eigenvalue weighted by molar-refractivity contribution is 0.410. The monoisotopic (exact) mass is 617 g/mol. The molecule has 0 spiro atoms. The van der Waals surface area contributed by atoms with Crippen molar-refractivity contribution < 1.29 is 9.15 Å². The second kappa shape index (κ2) is 10.7. The number of hydrogen-bond donors (Lipinski definition) is 0. The van der Waals surface area contributed by atoms with E-state index in [9.17, 15) is 0 Å². The van der Waals surface area contributed by atoms with Crippen LogP contribution in [0.15, 0.2) is 108 Å². The van der Waals surface area contributed by atoms with E-state index in [1.165, 1.54) is 16.5 Å². The molecular weight excluding hydrogens is 578 g/mol. The number of pyridine rings is 2. The highest BCUT2D eigenvalue weighted by molar-refractivity contribution is 6.17. The molecule has 0 atom stereocenters. The number of hydrogen-bond acceptors (Lipinski definition) is 4. The summed E-state index contributed by atoms with van der Waals surface area (Å²) in [6.07, 6.45) is 5.88. The molecule has 5 heteroatoms. The fourth-order valence-electron chi connectivity index (χ4n) is 6.96. The molecule has 0 N–H and O–H groups in total. The predicted molar refractivity (Wildman–Crippen MR) is 194 cm³/mol. The lowest BCUT2D eigenvalue weighted by Crippen LogP contribution is -2.10. The number of aromatic nitrogens is 3. The van der Waals surface area contributed by atoms with E-state index < -0.39 is 0 Å². The maximum Gasteiger partial charge on any atom is 0.137 e. The van der Waals surface area contributed by atoms with Crippen LogP contribution in [0.25, 0.3) is 60.5 Å². The van der Waals surface area contributed by atoms with Gasteiger partial charge in [-0.2, -0.15) is 0 Å². The lowest BCUT2D eigenvalue weighted by Gasteiger charge is -2.18. The summed E-state index contributed by atoms with van der Waals surface area (Å²) >= 11 is 0. The van der Waals surface area contributed by atoms with Crippen LogP contribution in [-0.4, -0.2) is 14.5 Å². The van der Waals surface area contributed by atoms with Gasteiger partial charge in [0.05, 0.1) is 21.9 Å². The number of para-hydroxylation sites is 1. The lowest BCUT2D eigenvalue weighted by atomic mass is 9.88. The largest absolute Gasteiger partial charge is 0.457 e. The smallest absolute Gasteiger partial charge is 0.137 e. The SMILES string of the molecule is CC(C)(C)Cc1ccnc(-n2c3ccccc3c3ccc(Oc4ccc5oc6ccc7cc(CC(C)(C)C)cnc7c6c5c4)cc32)c1. The van der Waals surface area contributed by atoms with Gasteiger partial charge in [-0.05, 0) is 102 Å². The Labute approximate surface area is 274 Å². The number of nitrogens with zero attached hydrogens (tertiary/aromatic N) is 3. The predicted octanol–water partition coefficient (Wildman–Crippen LogP) is 11.6. The summed E-state index contributed by atoms with van der Waals surface area (Å²) in [5.41, 5.74) is 7.65. The first kappa shape index (κ1) is 29.3. The Morgan fingerprint density at radius 1 is 0.638 bits per heavy atom. The molecule has 4 aromatic carbocycles. The number of furan rings is 1. The Kier molecular flexibility index (Phi) is 6.66. The Balaban J connectivity index is 1.21. The van der Waals surface area contributed by atoms with Gasteiger partial charge in [0, 0.05) is 40.0 Å². The minimum atomic E-state index is 0.180. The summed E-state index contributed by atoms with van der Waals surface area (Å²) in [6.45, 7) is 13.6.